The molecule has 2 fully saturated rings. The van der Waals surface area contributed by atoms with Gasteiger partial charge in [-0.15, -0.1) is 0 Å². The van der Waals surface area contributed by atoms with Crippen molar-refractivity contribution < 1.29 is 0 Å². The van der Waals surface area contributed by atoms with Crippen LogP contribution in [0.25, 0.3) is 0 Å². The first kappa shape index (κ1) is 19.7. The number of nitrogens with one attached hydrogen (secondary N) is 1. The van der Waals surface area contributed by atoms with Crippen LogP contribution in [0.15, 0.2) is 29.3 Å². The molecule has 0 aromatic heterocycles. The molecule has 0 amide bonds. The Kier molecular flexibility index (Phi) is 6.22. The molecule has 3 aliphatic heterocycles. The zero-order valence-corrected chi connectivity index (χ0v) is 17.8. The van der Waals surface area contributed by atoms with Gasteiger partial charge in [0, 0.05) is 24.3 Å². The third kappa shape index (κ3) is 4.06. The summed E-state index contributed by atoms with van der Waals surface area (Å²) in [5.41, 5.74) is 3.02. The predicted octanol–water partition coefficient (Wildman–Crippen LogP) is 2.96. The fourth-order valence-electron chi connectivity index (χ4n) is 5.15. The van der Waals surface area contributed by atoms with E-state index in [2.05, 4.69) is 58.3 Å². The number of benzene rings is 1. The number of para-hydroxylation sites is 1. The first-order valence-corrected chi connectivity index (χ1v) is 11.3. The maximum Gasteiger partial charge on any atom is 0.198 e. The molecule has 0 saturated carbocycles. The molecule has 154 valence electrons. The van der Waals surface area contributed by atoms with Gasteiger partial charge in [0.05, 0.1) is 6.54 Å². The van der Waals surface area contributed by atoms with Crippen LogP contribution < -0.4 is 10.2 Å². The van der Waals surface area contributed by atoms with Crippen molar-refractivity contribution in [1.29, 1.82) is 0 Å². The van der Waals surface area contributed by atoms with Gasteiger partial charge in [-0.2, -0.15) is 0 Å². The van der Waals surface area contributed by atoms with Crippen molar-refractivity contribution >= 4 is 11.6 Å². The molecule has 0 radical (unpaired) electrons. The Bertz CT molecular complexity index is 671. The van der Waals surface area contributed by atoms with Gasteiger partial charge in [0.15, 0.2) is 5.96 Å². The summed E-state index contributed by atoms with van der Waals surface area (Å²) in [5, 5.41) is 3.58. The van der Waals surface area contributed by atoms with Crippen molar-refractivity contribution in [1.82, 2.24) is 15.1 Å². The molecular formula is C23H37N5. The van der Waals surface area contributed by atoms with Gasteiger partial charge in [0.2, 0.25) is 0 Å². The third-order valence-electron chi connectivity index (χ3n) is 6.95. The molecule has 1 aromatic rings. The van der Waals surface area contributed by atoms with Crippen LogP contribution in [0, 0.1) is 0 Å². The Morgan fingerprint density at radius 1 is 1.04 bits per heavy atom. The number of piperidine rings is 2. The largest absolute Gasteiger partial charge is 0.356 e. The second-order valence-corrected chi connectivity index (χ2v) is 8.78. The zero-order valence-electron chi connectivity index (χ0n) is 17.8. The summed E-state index contributed by atoms with van der Waals surface area (Å²) in [5.74, 6) is 1.07. The maximum absolute atomic E-state index is 5.26. The average Bonchev–Trinajstić information content (AvgIpc) is 3.17. The molecule has 2 saturated heterocycles. The van der Waals surface area contributed by atoms with Gasteiger partial charge in [-0.25, -0.2) is 0 Å². The van der Waals surface area contributed by atoms with E-state index in [1.54, 1.807) is 0 Å². The Morgan fingerprint density at radius 3 is 2.54 bits per heavy atom. The van der Waals surface area contributed by atoms with Crippen LogP contribution in [-0.2, 0) is 6.42 Å². The van der Waals surface area contributed by atoms with E-state index >= 15 is 0 Å². The molecule has 0 bridgehead atoms. The minimum Gasteiger partial charge on any atom is -0.356 e. The molecule has 0 atom stereocenters. The van der Waals surface area contributed by atoms with E-state index in [1.807, 2.05) is 0 Å². The first-order valence-electron chi connectivity index (χ1n) is 11.3. The fraction of sp³-hybridized carbons (Fsp3) is 0.696. The number of aliphatic imine (C=N–C) groups is 1. The minimum absolute atomic E-state index is 0.243. The van der Waals surface area contributed by atoms with Gasteiger partial charge in [-0.1, -0.05) is 24.6 Å². The molecule has 0 aliphatic carbocycles. The Labute approximate surface area is 170 Å². The fourth-order valence-corrected chi connectivity index (χ4v) is 5.15. The highest BCUT2D eigenvalue weighted by atomic mass is 15.3. The molecule has 3 aliphatic rings. The van der Waals surface area contributed by atoms with Gasteiger partial charge < -0.3 is 15.1 Å². The van der Waals surface area contributed by atoms with Crippen molar-refractivity contribution in [3.05, 3.63) is 29.8 Å². The monoisotopic (exact) mass is 383 g/mol. The third-order valence-corrected chi connectivity index (χ3v) is 6.95. The van der Waals surface area contributed by atoms with Crippen LogP contribution in [0.5, 0.6) is 0 Å². The van der Waals surface area contributed by atoms with Gasteiger partial charge in [-0.3, -0.25) is 9.89 Å². The van der Waals surface area contributed by atoms with Gasteiger partial charge in [0.25, 0.3) is 0 Å². The lowest BCUT2D eigenvalue weighted by Gasteiger charge is -2.49. The van der Waals surface area contributed by atoms with Crippen molar-refractivity contribution in [2.45, 2.75) is 51.0 Å². The van der Waals surface area contributed by atoms with Crippen LogP contribution >= 0.6 is 0 Å². The van der Waals surface area contributed by atoms with Crippen LogP contribution in [0.1, 0.15) is 44.6 Å². The summed E-state index contributed by atoms with van der Waals surface area (Å²) in [6.45, 7) is 9.92. The van der Waals surface area contributed by atoms with Crippen LogP contribution in [-0.4, -0.2) is 74.2 Å². The molecule has 3 heterocycles. The smallest absolute Gasteiger partial charge is 0.198 e. The maximum atomic E-state index is 5.26. The summed E-state index contributed by atoms with van der Waals surface area (Å²) in [7, 11) is 2.26. The summed E-state index contributed by atoms with van der Waals surface area (Å²) in [6.07, 6.45) is 7.68. The number of hydrogen-bond donors (Lipinski definition) is 1. The highest BCUT2D eigenvalue weighted by molar-refractivity contribution is 5.98. The molecule has 0 spiro atoms. The molecule has 5 nitrogen and oxygen atoms in total. The lowest BCUT2D eigenvalue weighted by atomic mass is 9.84. The van der Waals surface area contributed by atoms with Crippen molar-refractivity contribution in [3.63, 3.8) is 0 Å². The molecule has 28 heavy (non-hydrogen) atoms. The highest BCUT2D eigenvalue weighted by Crippen LogP contribution is 2.32. The highest BCUT2D eigenvalue weighted by Gasteiger charge is 2.39. The lowest BCUT2D eigenvalue weighted by molar-refractivity contribution is 0.0208. The zero-order chi connectivity index (χ0) is 19.4. The number of hydrogen-bond acceptors (Lipinski definition) is 3. The first-order chi connectivity index (χ1) is 13.7. The number of rotatable bonds is 4. The summed E-state index contributed by atoms with van der Waals surface area (Å²) < 4.78 is 0. The Hall–Kier alpha value is -1.59. The summed E-state index contributed by atoms with van der Waals surface area (Å²) >= 11 is 0. The molecule has 4 rings (SSSR count). The summed E-state index contributed by atoms with van der Waals surface area (Å²) in [4.78, 5) is 12.9. The SMILES string of the molecule is CCNC(=NCC1(N2CCCCC2)CCN(C)CC1)N1CCc2ccccc21. The van der Waals surface area contributed by atoms with Gasteiger partial charge >= 0.3 is 0 Å². The van der Waals surface area contributed by atoms with Crippen LogP contribution in [0.3, 0.4) is 0 Å². The van der Waals surface area contributed by atoms with Crippen LogP contribution in [0.2, 0.25) is 0 Å². The molecule has 5 heteroatoms. The number of fused-ring (bicyclic) bond motifs is 1. The standard InChI is InChI=1S/C23H37N5/c1-3-24-22(28-16-11-20-9-5-6-10-21(20)28)25-19-23(12-17-26(2)18-13-23)27-14-7-4-8-15-27/h5-6,9-10H,3-4,7-8,11-19H2,1-2H3,(H,24,25). The Morgan fingerprint density at radius 2 is 1.79 bits per heavy atom. The number of likely N-dealkylation sites (tertiary alicyclic amines) is 2. The second kappa shape index (κ2) is 8.83. The second-order valence-electron chi connectivity index (χ2n) is 8.78. The van der Waals surface area contributed by atoms with E-state index in [4.69, 9.17) is 4.99 Å². The van der Waals surface area contributed by atoms with Crippen LogP contribution in [0.4, 0.5) is 5.69 Å². The van der Waals surface area contributed by atoms with E-state index in [1.165, 1.54) is 69.5 Å². The topological polar surface area (TPSA) is 34.1 Å². The average molecular weight is 384 g/mol. The van der Waals surface area contributed by atoms with E-state index in [-0.39, 0.29) is 5.54 Å². The normalized spacial score (nSPS) is 23.6. The molecule has 0 unspecified atom stereocenters. The van der Waals surface area contributed by atoms with Gasteiger partial charge in [-0.05, 0) is 83.9 Å². The van der Waals surface area contributed by atoms with E-state index < -0.39 is 0 Å². The quantitative estimate of drug-likeness (QED) is 0.640. The predicted molar refractivity (Wildman–Crippen MR) is 118 cm³/mol. The molecule has 1 aromatic carbocycles. The summed E-state index contributed by atoms with van der Waals surface area (Å²) in [6, 6.07) is 8.79. The molecular weight excluding hydrogens is 346 g/mol. The van der Waals surface area contributed by atoms with Gasteiger partial charge in [0.1, 0.15) is 0 Å². The van der Waals surface area contributed by atoms with E-state index in [0.717, 1.165) is 32.0 Å². The molecule has 1 N–H and O–H groups in total. The lowest BCUT2D eigenvalue weighted by Crippen LogP contribution is -2.58. The van der Waals surface area contributed by atoms with Crippen molar-refractivity contribution in [3.8, 4) is 0 Å². The minimum atomic E-state index is 0.243. The number of guanidine groups is 1. The van der Waals surface area contributed by atoms with E-state index in [0.29, 0.717) is 0 Å². The van der Waals surface area contributed by atoms with Crippen molar-refractivity contribution in [2.24, 2.45) is 4.99 Å². The number of anilines is 1. The van der Waals surface area contributed by atoms with Crippen molar-refractivity contribution in [2.75, 3.05) is 57.8 Å². The Balaban J connectivity index is 1.56. The number of nitrogens with zero attached hydrogens (tertiary/aromatic N) is 4. The van der Waals surface area contributed by atoms with E-state index in [9.17, 15) is 0 Å².